The highest BCUT2D eigenvalue weighted by atomic mass is 32.1. The number of nitrogens with two attached hydrogens (primary N) is 1. The first-order chi connectivity index (χ1) is 6.92. The van der Waals surface area contributed by atoms with Crippen LogP contribution in [-0.2, 0) is 0 Å². The van der Waals surface area contributed by atoms with Crippen LogP contribution in [0.2, 0.25) is 0 Å². The lowest BCUT2D eigenvalue weighted by Gasteiger charge is -2.09. The second kappa shape index (κ2) is 4.48. The molecule has 0 aromatic heterocycles. The maximum Gasteiger partial charge on any atom is 0.573 e. The summed E-state index contributed by atoms with van der Waals surface area (Å²) in [7, 11) is 0. The highest BCUT2D eigenvalue weighted by molar-refractivity contribution is 7.83. The minimum atomic E-state index is -4.67. The lowest BCUT2D eigenvalue weighted by molar-refractivity contribution is -0.274. The molecule has 6 heteroatoms. The van der Waals surface area contributed by atoms with Crippen LogP contribution in [0.5, 0.6) is 5.75 Å². The monoisotopic (exact) mass is 235 g/mol. The Morgan fingerprint density at radius 1 is 1.27 bits per heavy atom. The van der Waals surface area contributed by atoms with Gasteiger partial charge in [-0.25, -0.2) is 0 Å². The Kier molecular flexibility index (Phi) is 3.52. The maximum atomic E-state index is 11.8. The Labute approximate surface area is 89.9 Å². The van der Waals surface area contributed by atoms with Crippen LogP contribution in [0, 0.1) is 0 Å². The molecule has 2 N–H and O–H groups in total. The smallest absolute Gasteiger partial charge is 0.406 e. The molecule has 2 nitrogen and oxygen atoms in total. The van der Waals surface area contributed by atoms with Gasteiger partial charge < -0.3 is 10.5 Å². The average molecular weight is 235 g/mol. The third-order valence-electron chi connectivity index (χ3n) is 1.56. The van der Waals surface area contributed by atoms with Gasteiger partial charge in [0.2, 0.25) is 0 Å². The number of benzene rings is 1. The third kappa shape index (κ3) is 3.75. The van der Waals surface area contributed by atoms with Gasteiger partial charge in [0, 0.05) is 5.70 Å². The molecule has 15 heavy (non-hydrogen) atoms. The molecule has 0 amide bonds. The first kappa shape index (κ1) is 11.8. The summed E-state index contributed by atoms with van der Waals surface area (Å²) in [6.45, 7) is 0. The number of ether oxygens (including phenoxy) is 1. The molecule has 0 heterocycles. The standard InChI is InChI=1S/C9H8F3NOS/c10-9(11,12)14-7-3-1-6(2-4-7)8(13)5-15/h1-5,15H,13H2/b8-5-. The van der Waals surface area contributed by atoms with Crippen molar-refractivity contribution < 1.29 is 17.9 Å². The first-order valence-corrected chi connectivity index (χ1v) is 4.40. The van der Waals surface area contributed by atoms with Gasteiger partial charge in [-0.2, -0.15) is 0 Å². The van der Waals surface area contributed by atoms with Crippen molar-refractivity contribution in [3.63, 3.8) is 0 Å². The second-order valence-corrected chi connectivity index (χ2v) is 2.91. The third-order valence-corrected chi connectivity index (χ3v) is 1.84. The van der Waals surface area contributed by atoms with Crippen LogP contribution >= 0.6 is 12.6 Å². The van der Waals surface area contributed by atoms with E-state index >= 15 is 0 Å². The van der Waals surface area contributed by atoms with Crippen molar-refractivity contribution in [3.05, 3.63) is 35.2 Å². The summed E-state index contributed by atoms with van der Waals surface area (Å²) in [5.41, 5.74) is 6.45. The van der Waals surface area contributed by atoms with E-state index in [-0.39, 0.29) is 5.75 Å². The molecule has 0 aliphatic heterocycles. The van der Waals surface area contributed by atoms with Crippen molar-refractivity contribution in [1.82, 2.24) is 0 Å². The quantitative estimate of drug-likeness (QED) is 0.773. The van der Waals surface area contributed by atoms with E-state index in [9.17, 15) is 13.2 Å². The molecule has 1 rings (SSSR count). The van der Waals surface area contributed by atoms with E-state index in [1.54, 1.807) is 0 Å². The summed E-state index contributed by atoms with van der Waals surface area (Å²) in [5, 5.41) is 1.36. The zero-order chi connectivity index (χ0) is 11.5. The fraction of sp³-hybridized carbons (Fsp3) is 0.111. The fourth-order valence-corrected chi connectivity index (χ4v) is 1.07. The van der Waals surface area contributed by atoms with Gasteiger partial charge in [-0.3, -0.25) is 0 Å². The largest absolute Gasteiger partial charge is 0.573 e. The molecule has 1 aromatic carbocycles. The Morgan fingerprint density at radius 2 is 1.80 bits per heavy atom. The van der Waals surface area contributed by atoms with Gasteiger partial charge in [0.05, 0.1) is 0 Å². The predicted octanol–water partition coefficient (Wildman–Crippen LogP) is 2.77. The number of hydrogen-bond acceptors (Lipinski definition) is 3. The van der Waals surface area contributed by atoms with Gasteiger partial charge in [0.1, 0.15) is 5.75 Å². The van der Waals surface area contributed by atoms with Crippen LogP contribution in [0.4, 0.5) is 13.2 Å². The Hall–Kier alpha value is -1.30. The van der Waals surface area contributed by atoms with E-state index in [1.807, 2.05) is 0 Å². The lowest BCUT2D eigenvalue weighted by Crippen LogP contribution is -2.17. The van der Waals surface area contributed by atoms with Crippen LogP contribution in [-0.4, -0.2) is 6.36 Å². The number of rotatable bonds is 2. The lowest BCUT2D eigenvalue weighted by atomic mass is 10.2. The SMILES string of the molecule is N/C(=C\S)c1ccc(OC(F)(F)F)cc1. The Bertz CT molecular complexity index is 359. The average Bonchev–Trinajstić information content (AvgIpc) is 2.15. The molecule has 0 atom stereocenters. The van der Waals surface area contributed by atoms with Crippen molar-refractivity contribution in [2.24, 2.45) is 5.73 Å². The topological polar surface area (TPSA) is 35.2 Å². The van der Waals surface area contributed by atoms with E-state index < -0.39 is 6.36 Å². The first-order valence-electron chi connectivity index (χ1n) is 3.88. The van der Waals surface area contributed by atoms with E-state index in [0.29, 0.717) is 11.3 Å². The molecule has 0 bridgehead atoms. The van der Waals surface area contributed by atoms with Crippen molar-refractivity contribution in [1.29, 1.82) is 0 Å². The molecule has 0 aliphatic carbocycles. The molecule has 0 spiro atoms. The summed E-state index contributed by atoms with van der Waals surface area (Å²) in [5.74, 6) is -0.279. The van der Waals surface area contributed by atoms with Gasteiger partial charge in [-0.05, 0) is 35.2 Å². The molecular formula is C9H8F3NOS. The van der Waals surface area contributed by atoms with Gasteiger partial charge in [-0.1, -0.05) is 0 Å². The van der Waals surface area contributed by atoms with Crippen LogP contribution < -0.4 is 10.5 Å². The zero-order valence-corrected chi connectivity index (χ0v) is 8.35. The molecule has 0 radical (unpaired) electrons. The summed E-state index contributed by atoms with van der Waals surface area (Å²) in [6, 6.07) is 5.21. The van der Waals surface area contributed by atoms with Crippen LogP contribution in [0.3, 0.4) is 0 Å². The van der Waals surface area contributed by atoms with Crippen molar-refractivity contribution >= 4 is 18.3 Å². The van der Waals surface area contributed by atoms with Crippen LogP contribution in [0.15, 0.2) is 29.7 Å². The van der Waals surface area contributed by atoms with E-state index in [0.717, 1.165) is 0 Å². The predicted molar refractivity (Wildman–Crippen MR) is 54.3 cm³/mol. The number of halogens is 3. The number of hydrogen-bond donors (Lipinski definition) is 2. The highest BCUT2D eigenvalue weighted by Gasteiger charge is 2.30. The van der Waals surface area contributed by atoms with Crippen molar-refractivity contribution in [3.8, 4) is 5.75 Å². The molecule has 0 saturated carbocycles. The number of thiol groups is 1. The van der Waals surface area contributed by atoms with E-state index in [1.165, 1.54) is 29.7 Å². The fourth-order valence-electron chi connectivity index (χ4n) is 0.924. The molecule has 1 aromatic rings. The molecule has 0 fully saturated rings. The molecule has 0 saturated heterocycles. The van der Waals surface area contributed by atoms with Gasteiger partial charge in [0.15, 0.2) is 0 Å². The molecule has 82 valence electrons. The maximum absolute atomic E-state index is 11.8. The normalized spacial score (nSPS) is 12.7. The van der Waals surface area contributed by atoms with Gasteiger partial charge in [-0.15, -0.1) is 25.8 Å². The van der Waals surface area contributed by atoms with Crippen LogP contribution in [0.1, 0.15) is 5.56 Å². The zero-order valence-electron chi connectivity index (χ0n) is 7.45. The Balaban J connectivity index is 2.82. The van der Waals surface area contributed by atoms with Crippen molar-refractivity contribution in [2.75, 3.05) is 0 Å². The highest BCUT2D eigenvalue weighted by Crippen LogP contribution is 2.23. The van der Waals surface area contributed by atoms with E-state index in [4.69, 9.17) is 5.73 Å². The van der Waals surface area contributed by atoms with E-state index in [2.05, 4.69) is 17.4 Å². The molecule has 0 aliphatic rings. The van der Waals surface area contributed by atoms with Crippen LogP contribution in [0.25, 0.3) is 5.70 Å². The summed E-state index contributed by atoms with van der Waals surface area (Å²) in [6.07, 6.45) is -4.67. The van der Waals surface area contributed by atoms with Crippen molar-refractivity contribution in [2.45, 2.75) is 6.36 Å². The second-order valence-electron chi connectivity index (χ2n) is 2.66. The minimum Gasteiger partial charge on any atom is -0.406 e. The molecular weight excluding hydrogens is 227 g/mol. The summed E-state index contributed by atoms with van der Waals surface area (Å²) in [4.78, 5) is 0. The Morgan fingerprint density at radius 3 is 2.20 bits per heavy atom. The number of alkyl halides is 3. The van der Waals surface area contributed by atoms with Gasteiger partial charge in [0.25, 0.3) is 0 Å². The van der Waals surface area contributed by atoms with Gasteiger partial charge >= 0.3 is 6.36 Å². The minimum absolute atomic E-state index is 0.279. The molecule has 0 unspecified atom stereocenters. The summed E-state index contributed by atoms with van der Waals surface area (Å²) >= 11 is 3.82. The summed E-state index contributed by atoms with van der Waals surface area (Å²) < 4.78 is 39.1.